The van der Waals surface area contributed by atoms with E-state index in [4.69, 9.17) is 0 Å². The lowest BCUT2D eigenvalue weighted by molar-refractivity contribution is -0.147. The molecule has 2 aromatic rings. The molecule has 12 heteroatoms. The summed E-state index contributed by atoms with van der Waals surface area (Å²) in [4.78, 5) is 45.4. The first-order valence-corrected chi connectivity index (χ1v) is 12.9. The van der Waals surface area contributed by atoms with E-state index < -0.39 is 73.8 Å². The van der Waals surface area contributed by atoms with Crippen molar-refractivity contribution in [2.24, 2.45) is 16.8 Å². The third-order valence-electron chi connectivity index (χ3n) is 7.47. The molecule has 1 saturated heterocycles. The van der Waals surface area contributed by atoms with E-state index in [0.29, 0.717) is 21.7 Å². The van der Waals surface area contributed by atoms with Gasteiger partial charge in [0.2, 0.25) is 18.0 Å². The molecule has 2 heterocycles. The number of imide groups is 1. The third kappa shape index (κ3) is 5.75. The first-order valence-electron chi connectivity index (χ1n) is 12.9. The second kappa shape index (κ2) is 10.4. The fourth-order valence-electron chi connectivity index (χ4n) is 5.42. The van der Waals surface area contributed by atoms with Crippen LogP contribution in [0.25, 0.3) is 0 Å². The third-order valence-corrected chi connectivity index (χ3v) is 7.47. The molecule has 40 heavy (non-hydrogen) atoms. The number of hydrogen-bond acceptors (Lipinski definition) is 4. The van der Waals surface area contributed by atoms with Gasteiger partial charge in [0.1, 0.15) is 0 Å². The topological polar surface area (TPSA) is 78.8 Å². The molecular formula is C28H25F6N3O3. The van der Waals surface area contributed by atoms with E-state index in [-0.39, 0.29) is 11.6 Å². The molecule has 0 aromatic heterocycles. The molecule has 2 aromatic carbocycles. The highest BCUT2D eigenvalue weighted by atomic mass is 19.4. The zero-order chi connectivity index (χ0) is 28.8. The number of anilines is 1. The number of carbonyl (C=O) groups excluding carboxylic acids is 3. The van der Waals surface area contributed by atoms with Crippen LogP contribution in [0.2, 0.25) is 0 Å². The number of likely N-dealkylation sites (tertiary alicyclic amines) is 1. The van der Waals surface area contributed by atoms with Gasteiger partial charge < -0.3 is 5.32 Å². The Morgan fingerprint density at radius 2 is 1.38 bits per heavy atom. The molecule has 5 rings (SSSR count). The quantitative estimate of drug-likeness (QED) is 0.332. The molecule has 0 spiro atoms. The Hall–Kier alpha value is -3.70. The number of carbonyl (C=O) groups is 3. The highest BCUT2D eigenvalue weighted by Gasteiger charge is 2.53. The minimum absolute atomic E-state index is 0.192. The normalized spacial score (nSPS) is 23.6. The fraction of sp³-hybridized carbons (Fsp3) is 0.429. The summed E-state index contributed by atoms with van der Waals surface area (Å²) in [7, 11) is 0. The summed E-state index contributed by atoms with van der Waals surface area (Å²) < 4.78 is 78.2. The van der Waals surface area contributed by atoms with Crippen LogP contribution in [0.15, 0.2) is 53.5 Å². The van der Waals surface area contributed by atoms with Gasteiger partial charge in [0.05, 0.1) is 23.2 Å². The van der Waals surface area contributed by atoms with Crippen molar-refractivity contribution < 1.29 is 40.7 Å². The van der Waals surface area contributed by atoms with Crippen molar-refractivity contribution in [3.8, 4) is 0 Å². The number of para-hydroxylation sites is 1. The van der Waals surface area contributed by atoms with Crippen LogP contribution in [-0.4, -0.2) is 46.9 Å². The number of aliphatic imine (C=N–C) groups is 1. The number of rotatable bonds is 7. The van der Waals surface area contributed by atoms with Gasteiger partial charge in [-0.25, -0.2) is 9.89 Å². The highest BCUT2D eigenvalue weighted by molar-refractivity contribution is 6.21. The Kier molecular flexibility index (Phi) is 7.22. The van der Waals surface area contributed by atoms with Crippen LogP contribution in [0, 0.1) is 11.8 Å². The summed E-state index contributed by atoms with van der Waals surface area (Å²) in [6.07, 6.45) is -14.0. The number of fused-ring (bicyclic) bond motifs is 1. The van der Waals surface area contributed by atoms with Gasteiger partial charge in [-0.05, 0) is 37.2 Å². The van der Waals surface area contributed by atoms with E-state index in [0.717, 1.165) is 18.4 Å². The van der Waals surface area contributed by atoms with Crippen molar-refractivity contribution in [1.29, 1.82) is 0 Å². The maximum Gasteiger partial charge on any atom is 0.389 e. The van der Waals surface area contributed by atoms with Crippen LogP contribution in [0.5, 0.6) is 0 Å². The van der Waals surface area contributed by atoms with Crippen molar-refractivity contribution in [2.45, 2.75) is 63.0 Å². The number of halogens is 6. The Morgan fingerprint density at radius 3 is 1.90 bits per heavy atom. The molecule has 0 radical (unpaired) electrons. The number of benzodiazepines with no additional fused rings is 1. The molecule has 6 nitrogen and oxygen atoms in total. The Labute approximate surface area is 225 Å². The van der Waals surface area contributed by atoms with Crippen molar-refractivity contribution in [1.82, 2.24) is 4.90 Å². The number of nitrogens with zero attached hydrogens (tertiary/aromatic N) is 2. The molecule has 1 aliphatic carbocycles. The summed E-state index contributed by atoms with van der Waals surface area (Å²) in [5.41, 5.74) is 2.67. The smallest absolute Gasteiger partial charge is 0.322 e. The van der Waals surface area contributed by atoms with E-state index in [1.807, 2.05) is 6.07 Å². The molecule has 3 aliphatic rings. The summed E-state index contributed by atoms with van der Waals surface area (Å²) in [5.74, 6) is -6.26. The molecule has 3 atom stereocenters. The van der Waals surface area contributed by atoms with Crippen LogP contribution in [0.4, 0.5) is 32.0 Å². The maximum atomic E-state index is 13.6. The van der Waals surface area contributed by atoms with Crippen molar-refractivity contribution in [3.05, 3.63) is 65.2 Å². The molecule has 212 valence electrons. The van der Waals surface area contributed by atoms with Gasteiger partial charge in [-0.15, -0.1) is 0 Å². The van der Waals surface area contributed by atoms with Crippen molar-refractivity contribution in [3.63, 3.8) is 0 Å². The van der Waals surface area contributed by atoms with Gasteiger partial charge in [0.25, 0.3) is 5.91 Å². The minimum atomic E-state index is -4.69. The average molecular weight is 566 g/mol. The predicted octanol–water partition coefficient (Wildman–Crippen LogP) is 5.97. The number of alkyl halides is 6. The molecule has 1 N–H and O–H groups in total. The molecule has 0 bridgehead atoms. The van der Waals surface area contributed by atoms with Gasteiger partial charge in [-0.2, -0.15) is 26.3 Å². The molecule has 0 unspecified atom stereocenters. The standard InChI is InChI=1S/C28H25F6N3O3/c29-27(30,31)13-11-18-19(12-14-28(32,33)34)26(40)37(25(18)39)23-24(38)36-22-17(15-9-10-15)7-4-8-20(22)21(35-23)16-5-2-1-3-6-16/h1-8,15,18-19,23H,9-14H2,(H,36,38)/t18-,19+,23-/m0/s1. The lowest BCUT2D eigenvalue weighted by Crippen LogP contribution is -2.46. The monoisotopic (exact) mass is 565 g/mol. The Morgan fingerprint density at radius 1 is 0.800 bits per heavy atom. The largest absolute Gasteiger partial charge is 0.389 e. The lowest BCUT2D eigenvalue weighted by Gasteiger charge is -2.22. The van der Waals surface area contributed by atoms with Gasteiger partial charge in [0, 0.05) is 24.0 Å². The van der Waals surface area contributed by atoms with Crippen LogP contribution in [-0.2, 0) is 14.4 Å². The van der Waals surface area contributed by atoms with Crippen LogP contribution >= 0.6 is 0 Å². The van der Waals surface area contributed by atoms with Gasteiger partial charge in [0.15, 0.2) is 0 Å². The zero-order valence-corrected chi connectivity index (χ0v) is 21.1. The average Bonchev–Trinajstić information content (AvgIpc) is 3.70. The van der Waals surface area contributed by atoms with Gasteiger partial charge in [-0.1, -0.05) is 48.5 Å². The second-order valence-corrected chi connectivity index (χ2v) is 10.3. The highest BCUT2D eigenvalue weighted by Crippen LogP contribution is 2.46. The first kappa shape index (κ1) is 27.9. The van der Waals surface area contributed by atoms with Crippen LogP contribution in [0.1, 0.15) is 61.1 Å². The van der Waals surface area contributed by atoms with E-state index in [1.54, 1.807) is 42.5 Å². The SMILES string of the molecule is O=C1Nc2c(cccc2C2CC2)C(c2ccccc2)=N[C@H]1N1C(=O)[C@@H](CCC(F)(F)F)[C@@H](CCC(F)(F)F)C1=O. The van der Waals surface area contributed by atoms with Crippen molar-refractivity contribution >= 4 is 29.1 Å². The second-order valence-electron chi connectivity index (χ2n) is 10.3. The van der Waals surface area contributed by atoms with Crippen LogP contribution < -0.4 is 5.32 Å². The number of benzene rings is 2. The van der Waals surface area contributed by atoms with E-state index >= 15 is 0 Å². The van der Waals surface area contributed by atoms with Crippen LogP contribution in [0.3, 0.4) is 0 Å². The minimum Gasteiger partial charge on any atom is -0.322 e. The number of nitrogens with one attached hydrogen (secondary N) is 1. The van der Waals surface area contributed by atoms with Gasteiger partial charge in [-0.3, -0.25) is 14.4 Å². The predicted molar refractivity (Wildman–Crippen MR) is 132 cm³/mol. The number of amides is 3. The van der Waals surface area contributed by atoms with Crippen molar-refractivity contribution in [2.75, 3.05) is 5.32 Å². The van der Waals surface area contributed by atoms with E-state index in [1.165, 1.54) is 0 Å². The summed E-state index contributed by atoms with van der Waals surface area (Å²) in [5, 5.41) is 2.76. The van der Waals surface area contributed by atoms with E-state index in [2.05, 4.69) is 10.3 Å². The molecule has 2 aliphatic heterocycles. The molecule has 2 fully saturated rings. The van der Waals surface area contributed by atoms with E-state index in [9.17, 15) is 40.7 Å². The lowest BCUT2D eigenvalue weighted by atomic mass is 9.87. The molecule has 3 amide bonds. The maximum absolute atomic E-state index is 13.6. The molecule has 1 saturated carbocycles. The zero-order valence-electron chi connectivity index (χ0n) is 21.1. The number of hydrogen-bond donors (Lipinski definition) is 1. The summed E-state index contributed by atoms with van der Waals surface area (Å²) in [6.45, 7) is 0. The Bertz CT molecular complexity index is 1320. The first-order chi connectivity index (χ1) is 18.8. The van der Waals surface area contributed by atoms with Gasteiger partial charge >= 0.3 is 12.4 Å². The summed E-state index contributed by atoms with van der Waals surface area (Å²) >= 11 is 0. The molecular weight excluding hydrogens is 540 g/mol. The summed E-state index contributed by atoms with van der Waals surface area (Å²) in [6, 6.07) is 14.0. The Balaban J connectivity index is 1.57. The fourth-order valence-corrected chi connectivity index (χ4v) is 5.42.